The summed E-state index contributed by atoms with van der Waals surface area (Å²) in [6.45, 7) is 3.60. The minimum atomic E-state index is -0.431. The molecule has 0 bridgehead atoms. The molecule has 1 aromatic carbocycles. The first kappa shape index (κ1) is 10.5. The van der Waals surface area contributed by atoms with Crippen LogP contribution in [-0.2, 0) is 4.74 Å². The lowest BCUT2D eigenvalue weighted by molar-refractivity contribution is 0.0372. The van der Waals surface area contributed by atoms with Crippen LogP contribution in [0.5, 0.6) is 0 Å². The number of hydrogen-bond acceptors (Lipinski definition) is 4. The summed E-state index contributed by atoms with van der Waals surface area (Å²) in [6, 6.07) is 7.47. The lowest BCUT2D eigenvalue weighted by Crippen LogP contribution is -2.14. The second-order valence-electron chi connectivity index (χ2n) is 3.73. The van der Waals surface area contributed by atoms with Crippen LogP contribution < -0.4 is 0 Å². The van der Waals surface area contributed by atoms with E-state index in [-0.39, 0.29) is 11.8 Å². The molecule has 0 N–H and O–H groups in total. The highest BCUT2D eigenvalue weighted by molar-refractivity contribution is 6.02. The van der Waals surface area contributed by atoms with Crippen molar-refractivity contribution in [2.45, 2.75) is 20.0 Å². The average molecular weight is 216 g/mol. The van der Waals surface area contributed by atoms with Crippen molar-refractivity contribution in [3.63, 3.8) is 0 Å². The van der Waals surface area contributed by atoms with Crippen molar-refractivity contribution in [2.75, 3.05) is 0 Å². The molecule has 0 aliphatic heterocycles. The summed E-state index contributed by atoms with van der Waals surface area (Å²) >= 11 is 0. The molecule has 4 nitrogen and oxygen atoms in total. The largest absolute Gasteiger partial charge is 0.458 e. The van der Waals surface area contributed by atoms with E-state index in [1.807, 2.05) is 24.3 Å². The van der Waals surface area contributed by atoms with Gasteiger partial charge < -0.3 is 4.74 Å². The first-order valence-electron chi connectivity index (χ1n) is 5.10. The molecule has 0 unspecified atom stereocenters. The number of carbonyl (C=O) groups is 1. The second kappa shape index (κ2) is 4.26. The number of fused-ring (bicyclic) bond motifs is 1. The Hall–Kier alpha value is -1.97. The molecule has 1 heterocycles. The van der Waals surface area contributed by atoms with E-state index in [0.29, 0.717) is 0 Å². The summed E-state index contributed by atoms with van der Waals surface area (Å²) in [4.78, 5) is 11.7. The van der Waals surface area contributed by atoms with Gasteiger partial charge in [-0.3, -0.25) is 0 Å². The molecule has 0 atom stereocenters. The van der Waals surface area contributed by atoms with Gasteiger partial charge in [0, 0.05) is 10.8 Å². The zero-order valence-corrected chi connectivity index (χ0v) is 9.18. The third-order valence-corrected chi connectivity index (χ3v) is 2.11. The molecule has 0 radical (unpaired) electrons. The van der Waals surface area contributed by atoms with E-state index in [1.54, 1.807) is 20.0 Å². The summed E-state index contributed by atoms with van der Waals surface area (Å²) in [6.07, 6.45) is 1.47. The number of rotatable bonds is 2. The fourth-order valence-electron chi connectivity index (χ4n) is 1.45. The standard InChI is InChI=1S/C12H12N2O2/c1-8(2)16-12(15)11-10-6-4-3-5-9(10)7-13-14-11/h3-8H,1-2H3. The molecule has 0 fully saturated rings. The Morgan fingerprint density at radius 1 is 1.31 bits per heavy atom. The third kappa shape index (κ3) is 2.00. The number of ether oxygens (including phenoxy) is 1. The summed E-state index contributed by atoms with van der Waals surface area (Å²) in [5.74, 6) is -0.431. The van der Waals surface area contributed by atoms with Gasteiger partial charge in [0.15, 0.2) is 5.69 Å². The highest BCUT2D eigenvalue weighted by atomic mass is 16.5. The van der Waals surface area contributed by atoms with Gasteiger partial charge in [-0.15, -0.1) is 5.10 Å². The van der Waals surface area contributed by atoms with E-state index < -0.39 is 5.97 Å². The number of nitrogens with zero attached hydrogens (tertiary/aromatic N) is 2. The van der Waals surface area contributed by atoms with Crippen LogP contribution in [0, 0.1) is 0 Å². The van der Waals surface area contributed by atoms with Gasteiger partial charge in [0.1, 0.15) is 0 Å². The fraction of sp³-hybridized carbons (Fsp3) is 0.250. The van der Waals surface area contributed by atoms with Gasteiger partial charge in [-0.2, -0.15) is 5.10 Å². The van der Waals surface area contributed by atoms with Crippen LogP contribution in [0.4, 0.5) is 0 Å². The van der Waals surface area contributed by atoms with Crippen molar-refractivity contribution in [3.05, 3.63) is 36.2 Å². The SMILES string of the molecule is CC(C)OC(=O)c1nncc2ccccc12. The molecule has 0 saturated carbocycles. The van der Waals surface area contributed by atoms with E-state index in [1.165, 1.54) is 0 Å². The minimum absolute atomic E-state index is 0.159. The summed E-state index contributed by atoms with van der Waals surface area (Å²) in [7, 11) is 0. The summed E-state index contributed by atoms with van der Waals surface area (Å²) in [5.41, 5.74) is 0.270. The number of esters is 1. The molecule has 82 valence electrons. The third-order valence-electron chi connectivity index (χ3n) is 2.11. The topological polar surface area (TPSA) is 52.1 Å². The Morgan fingerprint density at radius 2 is 2.06 bits per heavy atom. The van der Waals surface area contributed by atoms with Crippen LogP contribution in [0.1, 0.15) is 24.3 Å². The Balaban J connectivity index is 2.48. The zero-order chi connectivity index (χ0) is 11.5. The van der Waals surface area contributed by atoms with E-state index in [4.69, 9.17) is 4.74 Å². The number of aromatic nitrogens is 2. The molecule has 0 aliphatic carbocycles. The van der Waals surface area contributed by atoms with Crippen LogP contribution in [0.2, 0.25) is 0 Å². The quantitative estimate of drug-likeness (QED) is 0.722. The number of hydrogen-bond donors (Lipinski definition) is 0. The first-order chi connectivity index (χ1) is 7.68. The molecule has 16 heavy (non-hydrogen) atoms. The van der Waals surface area contributed by atoms with Gasteiger partial charge in [-0.1, -0.05) is 24.3 Å². The molecular weight excluding hydrogens is 204 g/mol. The van der Waals surface area contributed by atoms with E-state index in [0.717, 1.165) is 10.8 Å². The van der Waals surface area contributed by atoms with Gasteiger partial charge in [-0.25, -0.2) is 4.79 Å². The Morgan fingerprint density at radius 3 is 2.81 bits per heavy atom. The lowest BCUT2D eigenvalue weighted by Gasteiger charge is -2.08. The predicted molar refractivity (Wildman–Crippen MR) is 60.1 cm³/mol. The predicted octanol–water partition coefficient (Wildman–Crippen LogP) is 2.20. The van der Waals surface area contributed by atoms with Crippen LogP contribution in [0.3, 0.4) is 0 Å². The summed E-state index contributed by atoms with van der Waals surface area (Å²) < 4.78 is 5.10. The summed E-state index contributed by atoms with van der Waals surface area (Å²) in [5, 5.41) is 9.28. The number of carbonyl (C=O) groups excluding carboxylic acids is 1. The highest BCUT2D eigenvalue weighted by Crippen LogP contribution is 2.16. The van der Waals surface area contributed by atoms with E-state index in [2.05, 4.69) is 10.2 Å². The Kier molecular flexibility index (Phi) is 2.81. The normalized spacial score (nSPS) is 10.7. The molecule has 0 spiro atoms. The van der Waals surface area contributed by atoms with Crippen molar-refractivity contribution in [1.82, 2.24) is 10.2 Å². The fourth-order valence-corrected chi connectivity index (χ4v) is 1.45. The van der Waals surface area contributed by atoms with Crippen molar-refractivity contribution in [1.29, 1.82) is 0 Å². The Bertz CT molecular complexity index is 518. The van der Waals surface area contributed by atoms with E-state index >= 15 is 0 Å². The van der Waals surface area contributed by atoms with E-state index in [9.17, 15) is 4.79 Å². The molecule has 0 amide bonds. The van der Waals surface area contributed by atoms with Crippen LogP contribution >= 0.6 is 0 Å². The smallest absolute Gasteiger partial charge is 0.359 e. The van der Waals surface area contributed by atoms with Crippen molar-refractivity contribution >= 4 is 16.7 Å². The second-order valence-corrected chi connectivity index (χ2v) is 3.73. The maximum Gasteiger partial charge on any atom is 0.359 e. The van der Waals surface area contributed by atoms with Gasteiger partial charge in [-0.05, 0) is 13.8 Å². The van der Waals surface area contributed by atoms with Gasteiger partial charge in [0.2, 0.25) is 0 Å². The Labute approximate surface area is 93.3 Å². The van der Waals surface area contributed by atoms with Crippen LogP contribution in [0.15, 0.2) is 30.5 Å². The molecule has 2 aromatic rings. The minimum Gasteiger partial charge on any atom is -0.458 e. The molecule has 2 rings (SSSR count). The van der Waals surface area contributed by atoms with Gasteiger partial charge in [0.25, 0.3) is 0 Å². The van der Waals surface area contributed by atoms with Crippen molar-refractivity contribution in [2.24, 2.45) is 0 Å². The van der Waals surface area contributed by atoms with Gasteiger partial charge in [0.05, 0.1) is 12.3 Å². The monoisotopic (exact) mass is 216 g/mol. The molecular formula is C12H12N2O2. The highest BCUT2D eigenvalue weighted by Gasteiger charge is 2.14. The maximum absolute atomic E-state index is 11.7. The zero-order valence-electron chi connectivity index (χ0n) is 9.18. The molecule has 1 aromatic heterocycles. The first-order valence-corrected chi connectivity index (χ1v) is 5.10. The average Bonchev–Trinajstić information content (AvgIpc) is 2.27. The van der Waals surface area contributed by atoms with Crippen LogP contribution in [0.25, 0.3) is 10.8 Å². The molecule has 4 heteroatoms. The molecule has 0 saturated heterocycles. The lowest BCUT2D eigenvalue weighted by atomic mass is 10.1. The van der Waals surface area contributed by atoms with Gasteiger partial charge >= 0.3 is 5.97 Å². The number of benzene rings is 1. The molecule has 0 aliphatic rings. The van der Waals surface area contributed by atoms with Crippen molar-refractivity contribution in [3.8, 4) is 0 Å². The van der Waals surface area contributed by atoms with Crippen LogP contribution in [-0.4, -0.2) is 22.3 Å². The maximum atomic E-state index is 11.7. The van der Waals surface area contributed by atoms with Crippen molar-refractivity contribution < 1.29 is 9.53 Å².